The minimum atomic E-state index is -4.48. The van der Waals surface area contributed by atoms with Gasteiger partial charge in [-0.1, -0.05) is 12.1 Å². The number of nitrogens with one attached hydrogen (secondary N) is 1. The van der Waals surface area contributed by atoms with Gasteiger partial charge in [0.1, 0.15) is 0 Å². The highest BCUT2D eigenvalue weighted by Crippen LogP contribution is 2.37. The van der Waals surface area contributed by atoms with E-state index in [4.69, 9.17) is 0 Å². The molecule has 0 radical (unpaired) electrons. The molecule has 2 heterocycles. The molecule has 2 saturated heterocycles. The van der Waals surface area contributed by atoms with Crippen LogP contribution in [0.3, 0.4) is 0 Å². The van der Waals surface area contributed by atoms with Gasteiger partial charge in [-0.3, -0.25) is 14.5 Å². The molecule has 30 heavy (non-hydrogen) atoms. The van der Waals surface area contributed by atoms with Crippen LogP contribution in [-0.2, 0) is 21.4 Å². The van der Waals surface area contributed by atoms with Crippen LogP contribution < -0.4 is 5.32 Å². The van der Waals surface area contributed by atoms with Gasteiger partial charge in [-0.05, 0) is 44.4 Å². The first kappa shape index (κ1) is 22.6. The second-order valence-electron chi connectivity index (χ2n) is 8.33. The third-order valence-electron chi connectivity index (χ3n) is 6.07. The van der Waals surface area contributed by atoms with Crippen molar-refractivity contribution in [3.8, 4) is 0 Å². The molecule has 1 aromatic rings. The highest BCUT2D eigenvalue weighted by atomic mass is 19.4. The SMILES string of the molecule is CC(C)N1CCNC(=O)C1CC(=O)N1CCC(O)(c2cccc(C(F)(F)F)c2)CC1. The van der Waals surface area contributed by atoms with Crippen molar-refractivity contribution in [3.05, 3.63) is 35.4 Å². The molecule has 0 saturated carbocycles. The minimum Gasteiger partial charge on any atom is -0.385 e. The summed E-state index contributed by atoms with van der Waals surface area (Å²) in [5.74, 6) is -0.352. The van der Waals surface area contributed by atoms with E-state index in [0.717, 1.165) is 12.1 Å². The van der Waals surface area contributed by atoms with Crippen molar-refractivity contribution >= 4 is 11.8 Å². The van der Waals surface area contributed by atoms with E-state index in [2.05, 4.69) is 5.32 Å². The first-order valence-electron chi connectivity index (χ1n) is 10.2. The molecule has 2 aliphatic rings. The number of halogens is 3. The normalized spacial score (nSPS) is 22.8. The maximum Gasteiger partial charge on any atom is 0.416 e. The molecule has 1 unspecified atom stereocenters. The number of carbonyl (C=O) groups is 2. The van der Waals surface area contributed by atoms with Crippen LogP contribution in [-0.4, -0.2) is 65.0 Å². The molecule has 1 atom stereocenters. The molecule has 2 aliphatic heterocycles. The van der Waals surface area contributed by atoms with Gasteiger partial charge in [0, 0.05) is 32.2 Å². The number of benzene rings is 1. The Balaban J connectivity index is 1.65. The fourth-order valence-electron chi connectivity index (χ4n) is 4.25. The predicted octanol–water partition coefficient (Wildman–Crippen LogP) is 2.11. The fourth-order valence-corrected chi connectivity index (χ4v) is 4.25. The van der Waals surface area contributed by atoms with Gasteiger partial charge in [0.25, 0.3) is 0 Å². The zero-order valence-corrected chi connectivity index (χ0v) is 17.2. The zero-order valence-electron chi connectivity index (χ0n) is 17.2. The second kappa shape index (κ2) is 8.55. The zero-order chi connectivity index (χ0) is 22.1. The predicted molar refractivity (Wildman–Crippen MR) is 104 cm³/mol. The molecule has 2 fully saturated rings. The van der Waals surface area contributed by atoms with E-state index in [9.17, 15) is 27.9 Å². The Morgan fingerprint density at radius 1 is 1.27 bits per heavy atom. The average molecular weight is 427 g/mol. The number of piperidine rings is 1. The number of likely N-dealkylation sites (tertiary alicyclic amines) is 1. The van der Waals surface area contributed by atoms with Crippen LogP contribution >= 0.6 is 0 Å². The monoisotopic (exact) mass is 427 g/mol. The number of piperazine rings is 1. The molecule has 6 nitrogen and oxygen atoms in total. The van der Waals surface area contributed by atoms with Crippen molar-refractivity contribution in [2.45, 2.75) is 57.0 Å². The first-order chi connectivity index (χ1) is 14.0. The van der Waals surface area contributed by atoms with Crippen molar-refractivity contribution in [2.24, 2.45) is 0 Å². The Hall–Kier alpha value is -2.13. The van der Waals surface area contributed by atoms with E-state index < -0.39 is 23.4 Å². The molecular formula is C21H28F3N3O3. The summed E-state index contributed by atoms with van der Waals surface area (Å²) in [5.41, 5.74) is -2.00. The van der Waals surface area contributed by atoms with E-state index in [1.54, 1.807) is 4.90 Å². The Kier molecular flexibility index (Phi) is 6.43. The quantitative estimate of drug-likeness (QED) is 0.772. The summed E-state index contributed by atoms with van der Waals surface area (Å²) in [6.07, 6.45) is -4.15. The van der Waals surface area contributed by atoms with Crippen LogP contribution in [0.25, 0.3) is 0 Å². The first-order valence-corrected chi connectivity index (χ1v) is 10.2. The average Bonchev–Trinajstić information content (AvgIpc) is 2.69. The van der Waals surface area contributed by atoms with E-state index >= 15 is 0 Å². The Bertz CT molecular complexity index is 789. The Morgan fingerprint density at radius 2 is 1.93 bits per heavy atom. The van der Waals surface area contributed by atoms with Crippen LogP contribution in [0.4, 0.5) is 13.2 Å². The van der Waals surface area contributed by atoms with Crippen LogP contribution in [0.1, 0.15) is 44.2 Å². The molecule has 1 aromatic carbocycles. The molecule has 2 N–H and O–H groups in total. The number of carbonyl (C=O) groups excluding carboxylic acids is 2. The van der Waals surface area contributed by atoms with E-state index in [1.807, 2.05) is 18.7 Å². The molecular weight excluding hydrogens is 399 g/mol. The van der Waals surface area contributed by atoms with E-state index in [-0.39, 0.29) is 55.8 Å². The standard InChI is InChI=1S/C21H28F3N3O3/c1-14(2)27-11-8-25-19(29)17(27)13-18(28)26-9-6-20(30,7-10-26)15-4-3-5-16(12-15)21(22,23)24/h3-5,12,14,17,30H,6-11,13H2,1-2H3,(H,25,29). The molecule has 9 heteroatoms. The summed E-state index contributed by atoms with van der Waals surface area (Å²) in [5, 5.41) is 13.7. The molecule has 166 valence electrons. The van der Waals surface area contributed by atoms with Gasteiger partial charge in [-0.25, -0.2) is 0 Å². The highest BCUT2D eigenvalue weighted by molar-refractivity contribution is 5.89. The van der Waals surface area contributed by atoms with Crippen molar-refractivity contribution in [1.82, 2.24) is 15.1 Å². The lowest BCUT2D eigenvalue weighted by Gasteiger charge is -2.41. The largest absolute Gasteiger partial charge is 0.416 e. The third-order valence-corrected chi connectivity index (χ3v) is 6.07. The molecule has 0 spiro atoms. The van der Waals surface area contributed by atoms with Gasteiger partial charge < -0.3 is 15.3 Å². The number of hydrogen-bond acceptors (Lipinski definition) is 4. The second-order valence-corrected chi connectivity index (χ2v) is 8.33. The van der Waals surface area contributed by atoms with Gasteiger partial charge in [0.2, 0.25) is 11.8 Å². The van der Waals surface area contributed by atoms with Gasteiger partial charge in [0.05, 0.1) is 23.6 Å². The maximum atomic E-state index is 13.0. The lowest BCUT2D eigenvalue weighted by molar-refractivity contribution is -0.142. The van der Waals surface area contributed by atoms with Crippen LogP contribution in [0.15, 0.2) is 24.3 Å². The summed E-state index contributed by atoms with van der Waals surface area (Å²) < 4.78 is 39.0. The number of rotatable bonds is 4. The summed E-state index contributed by atoms with van der Waals surface area (Å²) >= 11 is 0. The number of amides is 2. The molecule has 0 aromatic heterocycles. The number of alkyl halides is 3. The van der Waals surface area contributed by atoms with Crippen LogP contribution in [0, 0.1) is 0 Å². The van der Waals surface area contributed by atoms with Crippen LogP contribution in [0.5, 0.6) is 0 Å². The summed E-state index contributed by atoms with van der Waals surface area (Å²) in [6, 6.07) is 4.32. The van der Waals surface area contributed by atoms with Gasteiger partial charge in [-0.15, -0.1) is 0 Å². The van der Waals surface area contributed by atoms with Crippen LogP contribution in [0.2, 0.25) is 0 Å². The summed E-state index contributed by atoms with van der Waals surface area (Å²) in [7, 11) is 0. The number of aliphatic hydroxyl groups is 1. The summed E-state index contributed by atoms with van der Waals surface area (Å²) in [4.78, 5) is 28.7. The number of hydrogen-bond donors (Lipinski definition) is 2. The van der Waals surface area contributed by atoms with Crippen molar-refractivity contribution in [3.63, 3.8) is 0 Å². The Morgan fingerprint density at radius 3 is 2.53 bits per heavy atom. The molecule has 3 rings (SSSR count). The highest BCUT2D eigenvalue weighted by Gasteiger charge is 2.39. The molecule has 2 amide bonds. The third kappa shape index (κ3) is 4.78. The van der Waals surface area contributed by atoms with Gasteiger partial charge in [0.15, 0.2) is 0 Å². The van der Waals surface area contributed by atoms with Gasteiger partial charge in [-0.2, -0.15) is 13.2 Å². The maximum absolute atomic E-state index is 13.0. The van der Waals surface area contributed by atoms with Gasteiger partial charge >= 0.3 is 6.18 Å². The van der Waals surface area contributed by atoms with E-state index in [1.165, 1.54) is 12.1 Å². The Labute approximate surface area is 174 Å². The lowest BCUT2D eigenvalue weighted by Crippen LogP contribution is -2.59. The molecule has 0 bridgehead atoms. The lowest BCUT2D eigenvalue weighted by atomic mass is 9.83. The van der Waals surface area contributed by atoms with Crippen molar-refractivity contribution in [2.75, 3.05) is 26.2 Å². The van der Waals surface area contributed by atoms with Crippen molar-refractivity contribution < 1.29 is 27.9 Å². The smallest absolute Gasteiger partial charge is 0.385 e. The van der Waals surface area contributed by atoms with E-state index in [0.29, 0.717) is 13.1 Å². The minimum absolute atomic E-state index is 0.0476. The van der Waals surface area contributed by atoms with Crippen molar-refractivity contribution in [1.29, 1.82) is 0 Å². The number of nitrogens with zero attached hydrogens (tertiary/aromatic N) is 2. The fraction of sp³-hybridized carbons (Fsp3) is 0.619. The molecule has 0 aliphatic carbocycles. The topological polar surface area (TPSA) is 72.9 Å². The summed E-state index contributed by atoms with van der Waals surface area (Å²) in [6.45, 7) is 5.63.